The van der Waals surface area contributed by atoms with Crippen LogP contribution in [0.2, 0.25) is 5.02 Å². The first kappa shape index (κ1) is 16.5. The summed E-state index contributed by atoms with van der Waals surface area (Å²) in [6, 6.07) is 9.64. The van der Waals surface area contributed by atoms with Crippen LogP contribution in [-0.4, -0.2) is 30.2 Å². The van der Waals surface area contributed by atoms with Crippen LogP contribution in [-0.2, 0) is 6.18 Å². The van der Waals surface area contributed by atoms with Gasteiger partial charge in [-0.1, -0.05) is 11.6 Å². The molecular formula is C18H17ClF3N3. The van der Waals surface area contributed by atoms with Gasteiger partial charge in [-0.3, -0.25) is 0 Å². The van der Waals surface area contributed by atoms with Gasteiger partial charge in [0.2, 0.25) is 0 Å². The van der Waals surface area contributed by atoms with Crippen LogP contribution in [0.15, 0.2) is 42.6 Å². The van der Waals surface area contributed by atoms with E-state index in [1.165, 1.54) is 0 Å². The summed E-state index contributed by atoms with van der Waals surface area (Å²) in [6.45, 7) is 1.54. The lowest BCUT2D eigenvalue weighted by Gasteiger charge is -2.43. The van der Waals surface area contributed by atoms with Crippen LogP contribution < -0.4 is 9.80 Å². The Bertz CT molecular complexity index is 749. The Kier molecular flexibility index (Phi) is 4.02. The third-order valence-electron chi connectivity index (χ3n) is 5.01. The molecule has 0 radical (unpaired) electrons. The molecule has 25 heavy (non-hydrogen) atoms. The second kappa shape index (κ2) is 6.09. The average molecular weight is 368 g/mol. The number of benzene rings is 1. The number of anilines is 2. The third kappa shape index (κ3) is 3.03. The molecule has 3 heterocycles. The zero-order valence-electron chi connectivity index (χ0n) is 13.4. The first-order valence-corrected chi connectivity index (χ1v) is 8.62. The van der Waals surface area contributed by atoms with E-state index in [9.17, 15) is 13.2 Å². The number of piperazine rings is 1. The van der Waals surface area contributed by atoms with Crippen molar-refractivity contribution in [2.75, 3.05) is 22.9 Å². The number of rotatable bonds is 2. The van der Waals surface area contributed by atoms with E-state index in [1.807, 2.05) is 6.07 Å². The number of aromatic nitrogens is 1. The van der Waals surface area contributed by atoms with Crippen LogP contribution >= 0.6 is 11.6 Å². The molecule has 1 aromatic heterocycles. The first-order chi connectivity index (χ1) is 11.9. The number of pyridine rings is 1. The van der Waals surface area contributed by atoms with Crippen molar-refractivity contribution in [1.82, 2.24) is 4.98 Å². The van der Waals surface area contributed by atoms with Gasteiger partial charge in [-0.15, -0.1) is 0 Å². The molecule has 2 unspecified atom stereocenters. The van der Waals surface area contributed by atoms with Gasteiger partial charge in [-0.05, 0) is 49.2 Å². The quantitative estimate of drug-likeness (QED) is 0.772. The molecule has 0 spiro atoms. The Balaban J connectivity index is 1.56. The van der Waals surface area contributed by atoms with Crippen LogP contribution in [0.4, 0.5) is 24.7 Å². The second-order valence-electron chi connectivity index (χ2n) is 6.55. The summed E-state index contributed by atoms with van der Waals surface area (Å²) in [6.07, 6.45) is -0.531. The lowest BCUT2D eigenvalue weighted by molar-refractivity contribution is -0.137. The summed E-state index contributed by atoms with van der Waals surface area (Å²) in [5, 5.41) is 0.630. The molecule has 132 valence electrons. The summed E-state index contributed by atoms with van der Waals surface area (Å²) in [5.74, 6) is 0.785. The number of halogens is 4. The monoisotopic (exact) mass is 367 g/mol. The van der Waals surface area contributed by atoms with Gasteiger partial charge in [0, 0.05) is 37.1 Å². The van der Waals surface area contributed by atoms with Gasteiger partial charge < -0.3 is 9.80 Å². The Morgan fingerprint density at radius 2 is 1.64 bits per heavy atom. The molecular weight excluding hydrogens is 351 g/mol. The molecule has 2 fully saturated rings. The van der Waals surface area contributed by atoms with E-state index in [-0.39, 0.29) is 12.1 Å². The maximum absolute atomic E-state index is 12.8. The lowest BCUT2D eigenvalue weighted by atomic mass is 10.1. The topological polar surface area (TPSA) is 19.4 Å². The molecule has 7 heteroatoms. The van der Waals surface area contributed by atoms with E-state index in [1.54, 1.807) is 24.4 Å². The minimum absolute atomic E-state index is 0.258. The van der Waals surface area contributed by atoms with E-state index < -0.39 is 11.7 Å². The van der Waals surface area contributed by atoms with Gasteiger partial charge in [0.25, 0.3) is 0 Å². The van der Waals surface area contributed by atoms with Gasteiger partial charge in [0.1, 0.15) is 5.82 Å². The normalized spacial score (nSPS) is 23.2. The largest absolute Gasteiger partial charge is 0.416 e. The number of fused-ring (bicyclic) bond motifs is 2. The zero-order chi connectivity index (χ0) is 17.6. The highest BCUT2D eigenvalue weighted by Gasteiger charge is 2.41. The molecule has 2 atom stereocenters. The van der Waals surface area contributed by atoms with Crippen LogP contribution in [0.3, 0.4) is 0 Å². The summed E-state index contributed by atoms with van der Waals surface area (Å²) in [5.41, 5.74) is 0.245. The fourth-order valence-corrected chi connectivity index (χ4v) is 4.17. The fourth-order valence-electron chi connectivity index (χ4n) is 3.93. The van der Waals surface area contributed by atoms with E-state index in [0.717, 1.165) is 49.6 Å². The van der Waals surface area contributed by atoms with E-state index in [0.29, 0.717) is 5.02 Å². The Labute approximate surface area is 149 Å². The lowest BCUT2D eigenvalue weighted by Crippen LogP contribution is -2.54. The molecule has 4 rings (SSSR count). The summed E-state index contributed by atoms with van der Waals surface area (Å²) in [7, 11) is 0. The van der Waals surface area contributed by atoms with Gasteiger partial charge in [-0.25, -0.2) is 4.98 Å². The molecule has 2 bridgehead atoms. The first-order valence-electron chi connectivity index (χ1n) is 8.24. The minimum Gasteiger partial charge on any atom is -0.362 e. The van der Waals surface area contributed by atoms with Crippen molar-refractivity contribution in [3.05, 3.63) is 53.2 Å². The van der Waals surface area contributed by atoms with Crippen molar-refractivity contribution in [2.24, 2.45) is 0 Å². The summed E-state index contributed by atoms with van der Waals surface area (Å²) in [4.78, 5) is 8.83. The van der Waals surface area contributed by atoms with Crippen molar-refractivity contribution >= 4 is 23.1 Å². The van der Waals surface area contributed by atoms with E-state index in [4.69, 9.17) is 11.6 Å². The molecule has 0 saturated carbocycles. The van der Waals surface area contributed by atoms with Gasteiger partial charge >= 0.3 is 6.18 Å². The zero-order valence-corrected chi connectivity index (χ0v) is 14.1. The molecule has 0 amide bonds. The standard InChI is InChI=1S/C18H17ClF3N3/c19-16-2-1-9-23-17(16)24-10-14-7-8-15(11-24)25(14)13-5-3-12(4-6-13)18(20,21)22/h1-6,9,14-15H,7-8,10-11H2. The highest BCUT2D eigenvalue weighted by Crippen LogP contribution is 2.38. The number of hydrogen-bond donors (Lipinski definition) is 0. The van der Waals surface area contributed by atoms with Crippen molar-refractivity contribution < 1.29 is 13.2 Å². The predicted molar refractivity (Wildman–Crippen MR) is 92.2 cm³/mol. The van der Waals surface area contributed by atoms with Crippen molar-refractivity contribution in [3.8, 4) is 0 Å². The van der Waals surface area contributed by atoms with Crippen LogP contribution in [0.1, 0.15) is 18.4 Å². The highest BCUT2D eigenvalue weighted by molar-refractivity contribution is 6.32. The van der Waals surface area contributed by atoms with Crippen LogP contribution in [0.5, 0.6) is 0 Å². The number of hydrogen-bond acceptors (Lipinski definition) is 3. The van der Waals surface area contributed by atoms with Crippen molar-refractivity contribution in [1.29, 1.82) is 0 Å². The van der Waals surface area contributed by atoms with Gasteiger partial charge in [0.15, 0.2) is 0 Å². The fraction of sp³-hybridized carbons (Fsp3) is 0.389. The minimum atomic E-state index is -4.30. The molecule has 1 aromatic carbocycles. The Morgan fingerprint density at radius 3 is 2.20 bits per heavy atom. The maximum atomic E-state index is 12.8. The average Bonchev–Trinajstić information content (AvgIpc) is 2.84. The second-order valence-corrected chi connectivity index (χ2v) is 6.96. The smallest absolute Gasteiger partial charge is 0.362 e. The molecule has 2 aromatic rings. The predicted octanol–water partition coefficient (Wildman–Crippen LogP) is 4.61. The van der Waals surface area contributed by atoms with Crippen LogP contribution in [0, 0.1) is 0 Å². The summed E-state index contributed by atoms with van der Waals surface area (Å²) < 4.78 is 38.3. The van der Waals surface area contributed by atoms with Gasteiger partial charge in [-0.2, -0.15) is 13.2 Å². The van der Waals surface area contributed by atoms with Crippen molar-refractivity contribution in [2.45, 2.75) is 31.1 Å². The molecule has 3 nitrogen and oxygen atoms in total. The van der Waals surface area contributed by atoms with E-state index >= 15 is 0 Å². The number of alkyl halides is 3. The SMILES string of the molecule is FC(F)(F)c1ccc(N2C3CCC2CN(c2ncccc2Cl)C3)cc1. The number of nitrogens with zero attached hydrogens (tertiary/aromatic N) is 3. The van der Waals surface area contributed by atoms with Crippen LogP contribution in [0.25, 0.3) is 0 Å². The Hall–Kier alpha value is -1.95. The van der Waals surface area contributed by atoms with E-state index in [2.05, 4.69) is 14.8 Å². The molecule has 2 saturated heterocycles. The van der Waals surface area contributed by atoms with Crippen molar-refractivity contribution in [3.63, 3.8) is 0 Å². The molecule has 2 aliphatic rings. The third-order valence-corrected chi connectivity index (χ3v) is 5.31. The Morgan fingerprint density at radius 1 is 1.00 bits per heavy atom. The highest BCUT2D eigenvalue weighted by atomic mass is 35.5. The molecule has 2 aliphatic heterocycles. The molecule has 0 N–H and O–H groups in total. The molecule has 0 aliphatic carbocycles. The van der Waals surface area contributed by atoms with Gasteiger partial charge in [0.05, 0.1) is 10.6 Å². The maximum Gasteiger partial charge on any atom is 0.416 e. The summed E-state index contributed by atoms with van der Waals surface area (Å²) >= 11 is 6.26.